The summed E-state index contributed by atoms with van der Waals surface area (Å²) in [6.07, 6.45) is 7.73. The first-order chi connectivity index (χ1) is 16.1. The van der Waals surface area contributed by atoms with Crippen molar-refractivity contribution in [3.8, 4) is 0 Å². The molecule has 0 atom stereocenters. The van der Waals surface area contributed by atoms with E-state index in [0.29, 0.717) is 38.1 Å². The number of benzene rings is 1. The standard InChI is InChI=1S/C26H31BrFN3O3/c1-23(33)14-17(15-23)20(32)31(19-4-2-3-18(27)13-19)16-24-5-8-25(9-6-24,10-7-24)21-29-22(34-30-21)26(28)11-12-26/h2-4,13,17,33H,5-12,14-16H2,1H3. The van der Waals surface area contributed by atoms with Crippen molar-refractivity contribution in [1.29, 1.82) is 0 Å². The zero-order valence-electron chi connectivity index (χ0n) is 19.5. The first-order valence-electron chi connectivity index (χ1n) is 12.4. The van der Waals surface area contributed by atoms with Gasteiger partial charge in [0.05, 0.1) is 5.60 Å². The highest BCUT2D eigenvalue weighted by Crippen LogP contribution is 2.58. The van der Waals surface area contributed by atoms with Crippen molar-refractivity contribution in [2.45, 2.75) is 87.8 Å². The average Bonchev–Trinajstić information content (AvgIpc) is 3.34. The Morgan fingerprint density at radius 3 is 2.44 bits per heavy atom. The molecule has 1 aromatic carbocycles. The highest BCUT2D eigenvalue weighted by molar-refractivity contribution is 9.10. The summed E-state index contributed by atoms with van der Waals surface area (Å²) < 4.78 is 20.7. The Hall–Kier alpha value is -1.80. The molecule has 8 heteroatoms. The molecule has 5 aliphatic rings. The predicted octanol–water partition coefficient (Wildman–Crippen LogP) is 5.58. The van der Waals surface area contributed by atoms with Gasteiger partial charge in [-0.05, 0) is 94.7 Å². The Morgan fingerprint density at radius 1 is 1.18 bits per heavy atom. The van der Waals surface area contributed by atoms with Crippen LogP contribution in [-0.2, 0) is 15.9 Å². The molecule has 5 aliphatic carbocycles. The van der Waals surface area contributed by atoms with Crippen LogP contribution >= 0.6 is 15.9 Å². The molecule has 1 N–H and O–H groups in total. The summed E-state index contributed by atoms with van der Waals surface area (Å²) >= 11 is 3.56. The molecule has 7 rings (SSSR count). The summed E-state index contributed by atoms with van der Waals surface area (Å²) in [6.45, 7) is 2.49. The van der Waals surface area contributed by atoms with Crippen LogP contribution in [0.1, 0.15) is 82.8 Å². The van der Waals surface area contributed by atoms with Crippen LogP contribution in [0.25, 0.3) is 0 Å². The van der Waals surface area contributed by atoms with Crippen molar-refractivity contribution in [2.75, 3.05) is 11.4 Å². The van der Waals surface area contributed by atoms with Gasteiger partial charge in [0.25, 0.3) is 5.89 Å². The van der Waals surface area contributed by atoms with E-state index in [0.717, 1.165) is 48.7 Å². The highest BCUT2D eigenvalue weighted by atomic mass is 79.9. The zero-order valence-corrected chi connectivity index (χ0v) is 21.1. The Kier molecular flexibility index (Phi) is 5.06. The van der Waals surface area contributed by atoms with Gasteiger partial charge in [-0.3, -0.25) is 4.79 Å². The van der Waals surface area contributed by atoms with Crippen molar-refractivity contribution in [2.24, 2.45) is 11.3 Å². The van der Waals surface area contributed by atoms with Gasteiger partial charge in [-0.25, -0.2) is 4.39 Å². The minimum Gasteiger partial charge on any atom is -0.390 e. The molecule has 5 saturated carbocycles. The third-order valence-electron chi connectivity index (χ3n) is 8.98. The summed E-state index contributed by atoms with van der Waals surface area (Å²) in [5.41, 5.74) is -1.31. The lowest BCUT2D eigenvalue weighted by Crippen LogP contribution is -2.54. The first kappa shape index (κ1) is 22.7. The number of carbonyl (C=O) groups excluding carboxylic acids is 1. The minimum atomic E-state index is -1.40. The fourth-order valence-corrected chi connectivity index (χ4v) is 6.84. The van der Waals surface area contributed by atoms with Crippen molar-refractivity contribution in [1.82, 2.24) is 10.1 Å². The molecule has 34 heavy (non-hydrogen) atoms. The topological polar surface area (TPSA) is 79.5 Å². The largest absolute Gasteiger partial charge is 0.390 e. The van der Waals surface area contributed by atoms with Crippen LogP contribution < -0.4 is 4.90 Å². The summed E-state index contributed by atoms with van der Waals surface area (Å²) in [4.78, 5) is 20.1. The number of aliphatic hydroxyl groups is 1. The number of carbonyl (C=O) groups is 1. The SMILES string of the molecule is CC1(O)CC(C(=O)N(CC23CCC(c4noc(C5(F)CC5)n4)(CC2)CC3)c2cccc(Br)c2)C1. The van der Waals surface area contributed by atoms with Crippen molar-refractivity contribution < 1.29 is 18.8 Å². The number of nitrogens with zero attached hydrogens (tertiary/aromatic N) is 3. The summed E-state index contributed by atoms with van der Waals surface area (Å²) in [6, 6.07) is 7.94. The maximum Gasteiger partial charge on any atom is 0.264 e. The molecule has 5 fully saturated rings. The predicted molar refractivity (Wildman–Crippen MR) is 128 cm³/mol. The molecule has 1 amide bonds. The van der Waals surface area contributed by atoms with Crippen LogP contribution in [0.5, 0.6) is 0 Å². The molecule has 6 nitrogen and oxygen atoms in total. The van der Waals surface area contributed by atoms with Crippen molar-refractivity contribution >= 4 is 27.5 Å². The number of aromatic nitrogens is 2. The van der Waals surface area contributed by atoms with E-state index in [4.69, 9.17) is 4.52 Å². The van der Waals surface area contributed by atoms with Gasteiger partial charge in [-0.2, -0.15) is 4.98 Å². The van der Waals surface area contributed by atoms with Gasteiger partial charge >= 0.3 is 0 Å². The fraction of sp³-hybridized carbons (Fsp3) is 0.654. The molecule has 0 saturated heterocycles. The zero-order chi connectivity index (χ0) is 23.8. The van der Waals surface area contributed by atoms with Crippen LogP contribution in [-0.4, -0.2) is 33.3 Å². The molecule has 182 valence electrons. The normalized spacial score (nSPS) is 35.6. The highest BCUT2D eigenvalue weighted by Gasteiger charge is 2.55. The van der Waals surface area contributed by atoms with Crippen LogP contribution in [0, 0.1) is 11.3 Å². The minimum absolute atomic E-state index is 0.0519. The number of hydrogen-bond acceptors (Lipinski definition) is 5. The Labute approximate surface area is 207 Å². The molecule has 2 aromatic rings. The van der Waals surface area contributed by atoms with E-state index in [9.17, 15) is 14.3 Å². The van der Waals surface area contributed by atoms with Crippen molar-refractivity contribution in [3.63, 3.8) is 0 Å². The smallest absolute Gasteiger partial charge is 0.264 e. The van der Waals surface area contributed by atoms with Gasteiger partial charge in [0.2, 0.25) is 5.91 Å². The van der Waals surface area contributed by atoms with E-state index in [-0.39, 0.29) is 28.5 Å². The average molecular weight is 532 g/mol. The Morgan fingerprint density at radius 2 is 1.85 bits per heavy atom. The quantitative estimate of drug-likeness (QED) is 0.526. The van der Waals surface area contributed by atoms with Gasteiger partial charge in [0.15, 0.2) is 11.5 Å². The van der Waals surface area contributed by atoms with Crippen molar-refractivity contribution in [3.05, 3.63) is 40.5 Å². The molecule has 2 bridgehead atoms. The second kappa shape index (κ2) is 7.60. The maximum atomic E-state index is 14.4. The van der Waals surface area contributed by atoms with E-state index in [2.05, 4.69) is 26.1 Å². The van der Waals surface area contributed by atoms with Gasteiger partial charge in [0, 0.05) is 28.0 Å². The van der Waals surface area contributed by atoms with E-state index < -0.39 is 11.3 Å². The first-order valence-corrected chi connectivity index (χ1v) is 13.2. The number of rotatable bonds is 6. The fourth-order valence-electron chi connectivity index (χ4n) is 6.45. The summed E-state index contributed by atoms with van der Waals surface area (Å²) in [5, 5.41) is 14.4. The molecule has 0 spiro atoms. The van der Waals surface area contributed by atoms with Crippen LogP contribution in [0.2, 0.25) is 0 Å². The van der Waals surface area contributed by atoms with Gasteiger partial charge in [0.1, 0.15) is 0 Å². The van der Waals surface area contributed by atoms with E-state index in [1.165, 1.54) is 0 Å². The lowest BCUT2D eigenvalue weighted by atomic mass is 9.53. The molecule has 1 heterocycles. The van der Waals surface area contributed by atoms with E-state index in [1.54, 1.807) is 6.92 Å². The second-order valence-corrected chi connectivity index (χ2v) is 12.6. The van der Waals surface area contributed by atoms with Gasteiger partial charge in [-0.15, -0.1) is 0 Å². The van der Waals surface area contributed by atoms with Crippen LogP contribution in [0.4, 0.5) is 10.1 Å². The third-order valence-corrected chi connectivity index (χ3v) is 9.47. The number of hydrogen-bond donors (Lipinski definition) is 1. The van der Waals surface area contributed by atoms with E-state index in [1.807, 2.05) is 29.2 Å². The van der Waals surface area contributed by atoms with Crippen LogP contribution in [0.3, 0.4) is 0 Å². The molecule has 0 unspecified atom stereocenters. The number of amides is 1. The van der Waals surface area contributed by atoms with Gasteiger partial charge < -0.3 is 14.5 Å². The third kappa shape index (κ3) is 3.81. The number of alkyl halides is 1. The molecular formula is C26H31BrFN3O3. The molecule has 1 aromatic heterocycles. The lowest BCUT2D eigenvalue weighted by molar-refractivity contribution is -0.137. The molecule has 0 radical (unpaired) electrons. The summed E-state index contributed by atoms with van der Waals surface area (Å²) in [5.74, 6) is 0.810. The number of halogens is 2. The Bertz CT molecular complexity index is 1100. The second-order valence-electron chi connectivity index (χ2n) is 11.7. The Balaban J connectivity index is 1.21. The summed E-state index contributed by atoms with van der Waals surface area (Å²) in [7, 11) is 0. The van der Waals surface area contributed by atoms with Gasteiger partial charge in [-0.1, -0.05) is 27.2 Å². The van der Waals surface area contributed by atoms with Crippen LogP contribution in [0.15, 0.2) is 33.3 Å². The maximum absolute atomic E-state index is 14.4. The number of fused-ring (bicyclic) bond motifs is 3. The molecular weight excluding hydrogens is 501 g/mol. The monoisotopic (exact) mass is 531 g/mol. The lowest BCUT2D eigenvalue weighted by Gasteiger charge is -2.54. The van der Waals surface area contributed by atoms with E-state index >= 15 is 0 Å². The molecule has 0 aliphatic heterocycles. The number of anilines is 1.